The van der Waals surface area contributed by atoms with Crippen LogP contribution in [-0.2, 0) is 23.9 Å². The fourth-order valence-electron chi connectivity index (χ4n) is 5.56. The third kappa shape index (κ3) is 8.81. The van der Waals surface area contributed by atoms with Crippen LogP contribution in [0.15, 0.2) is 12.1 Å². The van der Waals surface area contributed by atoms with Gasteiger partial charge >= 0.3 is 11.9 Å². The summed E-state index contributed by atoms with van der Waals surface area (Å²) in [5, 5.41) is 0. The Balaban J connectivity index is 1.44. The largest absolute Gasteiger partial charge is 0.493 e. The van der Waals surface area contributed by atoms with Gasteiger partial charge in [0.15, 0.2) is 11.5 Å². The molecule has 3 aliphatic heterocycles. The molecule has 2 amide bonds. The Labute approximate surface area is 247 Å². The molecule has 232 valence electrons. The van der Waals surface area contributed by atoms with E-state index in [1.165, 1.54) is 14.2 Å². The lowest BCUT2D eigenvalue weighted by molar-refractivity contribution is -0.151. The van der Waals surface area contributed by atoms with Crippen LogP contribution in [0, 0.1) is 0 Å². The number of rotatable bonds is 6. The molecule has 0 radical (unpaired) electrons. The van der Waals surface area contributed by atoms with E-state index in [-0.39, 0.29) is 43.7 Å². The summed E-state index contributed by atoms with van der Waals surface area (Å²) in [6.07, 6.45) is 3.61. The van der Waals surface area contributed by atoms with Crippen LogP contribution in [0.25, 0.3) is 0 Å². The zero-order valence-electron chi connectivity index (χ0n) is 24.8. The minimum atomic E-state index is -0.454. The van der Waals surface area contributed by atoms with Crippen molar-refractivity contribution >= 4 is 23.8 Å². The van der Waals surface area contributed by atoms with Crippen molar-refractivity contribution in [3.05, 3.63) is 17.7 Å². The molecule has 0 saturated carbocycles. The van der Waals surface area contributed by atoms with Gasteiger partial charge in [-0.25, -0.2) is 4.79 Å². The molecular weight excluding hydrogens is 546 g/mol. The predicted molar refractivity (Wildman–Crippen MR) is 152 cm³/mol. The van der Waals surface area contributed by atoms with E-state index in [1.807, 2.05) is 0 Å². The van der Waals surface area contributed by atoms with Gasteiger partial charge in [-0.15, -0.1) is 0 Å². The van der Waals surface area contributed by atoms with Gasteiger partial charge in [0, 0.05) is 45.6 Å². The number of likely N-dealkylation sites (tertiary alicyclic amines) is 1. The SMILES string of the molecule is COc1cc2cc(c1OC)OCCCC(OC(=O)CCN1C(=O)CCC1=O)CCN1CCCN(CCCOC2=O)CC1. The molecule has 0 N–H and O–H groups in total. The first-order valence-electron chi connectivity index (χ1n) is 14.9. The van der Waals surface area contributed by atoms with Gasteiger partial charge < -0.3 is 33.5 Å². The van der Waals surface area contributed by atoms with Crippen LogP contribution in [0.5, 0.6) is 17.2 Å². The summed E-state index contributed by atoms with van der Waals surface area (Å²) in [5.74, 6) is -0.253. The fourth-order valence-corrected chi connectivity index (χ4v) is 5.56. The lowest BCUT2D eigenvalue weighted by Gasteiger charge is -2.25. The first-order valence-corrected chi connectivity index (χ1v) is 14.9. The Hall–Kier alpha value is -3.38. The number of cyclic esters (lactones) is 1. The van der Waals surface area contributed by atoms with Crippen molar-refractivity contribution in [3.63, 3.8) is 0 Å². The van der Waals surface area contributed by atoms with Crippen LogP contribution >= 0.6 is 0 Å². The van der Waals surface area contributed by atoms with Gasteiger partial charge in [-0.2, -0.15) is 0 Å². The third-order valence-corrected chi connectivity index (χ3v) is 7.90. The number of esters is 2. The highest BCUT2D eigenvalue weighted by Crippen LogP contribution is 2.39. The summed E-state index contributed by atoms with van der Waals surface area (Å²) in [6.45, 7) is 6.06. The van der Waals surface area contributed by atoms with Crippen molar-refractivity contribution in [3.8, 4) is 17.2 Å². The minimum Gasteiger partial charge on any atom is -0.493 e. The normalized spacial score (nSPS) is 24.5. The highest BCUT2D eigenvalue weighted by atomic mass is 16.5. The molecule has 12 heteroatoms. The molecule has 3 unspecified atom stereocenters. The van der Waals surface area contributed by atoms with Crippen molar-refractivity contribution in [2.75, 3.05) is 73.2 Å². The summed E-state index contributed by atoms with van der Waals surface area (Å²) in [4.78, 5) is 55.4. The zero-order valence-corrected chi connectivity index (χ0v) is 24.8. The second kappa shape index (κ2) is 15.7. The van der Waals surface area contributed by atoms with Crippen LogP contribution in [-0.4, -0.2) is 118 Å². The van der Waals surface area contributed by atoms with E-state index >= 15 is 0 Å². The predicted octanol–water partition coefficient (Wildman–Crippen LogP) is 2.27. The molecule has 12 nitrogen and oxygen atoms in total. The first-order chi connectivity index (χ1) is 20.4. The molecule has 1 aromatic rings. The number of hydrogen-bond acceptors (Lipinski definition) is 11. The Morgan fingerprint density at radius 3 is 2.24 bits per heavy atom. The maximum Gasteiger partial charge on any atom is 0.338 e. The molecule has 42 heavy (non-hydrogen) atoms. The van der Waals surface area contributed by atoms with Gasteiger partial charge in [0.25, 0.3) is 0 Å². The van der Waals surface area contributed by atoms with E-state index in [9.17, 15) is 19.2 Å². The van der Waals surface area contributed by atoms with Gasteiger partial charge in [-0.3, -0.25) is 19.3 Å². The molecule has 3 aliphatic rings. The maximum absolute atomic E-state index is 12.8. The van der Waals surface area contributed by atoms with E-state index in [1.54, 1.807) is 12.1 Å². The lowest BCUT2D eigenvalue weighted by atomic mass is 10.1. The van der Waals surface area contributed by atoms with Gasteiger partial charge in [-0.1, -0.05) is 0 Å². The van der Waals surface area contributed by atoms with Crippen molar-refractivity contribution in [2.45, 2.75) is 57.5 Å². The number of imide groups is 1. The first kappa shape index (κ1) is 31.6. The Morgan fingerprint density at radius 1 is 0.833 bits per heavy atom. The average molecular weight is 590 g/mol. The number of ether oxygens (including phenoxy) is 5. The molecule has 0 aliphatic carbocycles. The number of hydrogen-bond donors (Lipinski definition) is 0. The van der Waals surface area contributed by atoms with E-state index in [0.717, 1.165) is 57.0 Å². The van der Waals surface area contributed by atoms with E-state index < -0.39 is 11.9 Å². The molecule has 0 aromatic heterocycles. The summed E-state index contributed by atoms with van der Waals surface area (Å²) >= 11 is 0. The number of carbonyl (C=O) groups is 4. The second-order valence-electron chi connectivity index (χ2n) is 10.8. The fraction of sp³-hybridized carbons (Fsp3) is 0.667. The zero-order chi connectivity index (χ0) is 29.9. The molecule has 4 bridgehead atoms. The van der Waals surface area contributed by atoms with E-state index in [4.69, 9.17) is 23.7 Å². The number of amides is 2. The van der Waals surface area contributed by atoms with Crippen LogP contribution in [0.3, 0.4) is 0 Å². The third-order valence-electron chi connectivity index (χ3n) is 7.90. The molecular formula is C30H43N3O9. The van der Waals surface area contributed by atoms with Crippen molar-refractivity contribution < 1.29 is 42.9 Å². The topological polar surface area (TPSA) is 124 Å². The number of benzene rings is 1. The maximum atomic E-state index is 12.8. The number of methoxy groups -OCH3 is 2. The highest BCUT2D eigenvalue weighted by molar-refractivity contribution is 6.02. The van der Waals surface area contributed by atoms with Crippen molar-refractivity contribution in [2.24, 2.45) is 0 Å². The number of fused-ring (bicyclic) bond motifs is 5. The molecule has 1 aromatic carbocycles. The summed E-state index contributed by atoms with van der Waals surface area (Å²) < 4.78 is 28.4. The number of nitrogens with zero attached hydrogens (tertiary/aromatic N) is 3. The van der Waals surface area contributed by atoms with Crippen LogP contribution in [0.1, 0.15) is 61.7 Å². The summed E-state index contributed by atoms with van der Waals surface area (Å²) in [5.41, 5.74) is 0.313. The van der Waals surface area contributed by atoms with Crippen LogP contribution < -0.4 is 14.2 Å². The molecule has 3 atom stereocenters. The Morgan fingerprint density at radius 2 is 1.52 bits per heavy atom. The van der Waals surface area contributed by atoms with E-state index in [2.05, 4.69) is 9.80 Å². The summed E-state index contributed by atoms with van der Waals surface area (Å²) in [7, 11) is 3.00. The Kier molecular flexibility index (Phi) is 11.8. The van der Waals surface area contributed by atoms with Gasteiger partial charge in [0.05, 0.1) is 39.4 Å². The molecule has 4 rings (SSSR count). The molecule has 2 saturated heterocycles. The Bertz CT molecular complexity index is 1100. The lowest BCUT2D eigenvalue weighted by Crippen LogP contribution is -2.34. The van der Waals surface area contributed by atoms with Gasteiger partial charge in [0.2, 0.25) is 17.6 Å². The molecule has 0 spiro atoms. The van der Waals surface area contributed by atoms with Crippen LogP contribution in [0.4, 0.5) is 0 Å². The smallest absolute Gasteiger partial charge is 0.338 e. The van der Waals surface area contributed by atoms with Crippen molar-refractivity contribution in [1.29, 1.82) is 0 Å². The van der Waals surface area contributed by atoms with Crippen LogP contribution in [0.2, 0.25) is 0 Å². The highest BCUT2D eigenvalue weighted by Gasteiger charge is 2.29. The number of carbonyl (C=O) groups excluding carboxylic acids is 4. The standard InChI is InChI=1S/C30H43N3O9/c1-38-24-20-22-21-25(29(24)39-2)40-18-3-6-23(42-28(36)10-15-33-26(34)7-8-27(33)35)9-14-32-12-4-11-31(16-17-32)13-5-19-41-30(22)37/h20-21,23H,3-19H2,1-2H3. The molecule has 2 fully saturated rings. The van der Waals surface area contributed by atoms with Gasteiger partial charge in [0.1, 0.15) is 6.10 Å². The summed E-state index contributed by atoms with van der Waals surface area (Å²) in [6, 6.07) is 3.18. The monoisotopic (exact) mass is 589 g/mol. The quantitative estimate of drug-likeness (QED) is 0.359. The van der Waals surface area contributed by atoms with Gasteiger partial charge in [-0.05, 0) is 57.3 Å². The van der Waals surface area contributed by atoms with E-state index in [0.29, 0.717) is 55.3 Å². The average Bonchev–Trinajstić information content (AvgIpc) is 3.16. The second-order valence-corrected chi connectivity index (χ2v) is 10.8. The molecule has 3 heterocycles. The minimum absolute atomic E-state index is 0.0248. The van der Waals surface area contributed by atoms with Crippen molar-refractivity contribution in [1.82, 2.24) is 14.7 Å².